The summed E-state index contributed by atoms with van der Waals surface area (Å²) in [6.45, 7) is 4.68. The van der Waals surface area contributed by atoms with Gasteiger partial charge in [0.1, 0.15) is 5.28 Å². The van der Waals surface area contributed by atoms with Crippen LogP contribution in [0.25, 0.3) is 0 Å². The monoisotopic (exact) mass is 329 g/mol. The topological polar surface area (TPSA) is 74.7 Å². The van der Waals surface area contributed by atoms with Crippen LogP contribution in [0, 0.1) is 0 Å². The van der Waals surface area contributed by atoms with Crippen molar-refractivity contribution in [3.05, 3.63) is 34.3 Å². The number of hydrogen-bond donors (Lipinski definition) is 1. The van der Waals surface area contributed by atoms with Gasteiger partial charge in [-0.3, -0.25) is 19.1 Å². The molecule has 1 unspecified atom stereocenters. The van der Waals surface area contributed by atoms with Gasteiger partial charge in [-0.1, -0.05) is 18.5 Å². The molecule has 0 saturated carbocycles. The van der Waals surface area contributed by atoms with Crippen LogP contribution in [0.5, 0.6) is 0 Å². The van der Waals surface area contributed by atoms with E-state index in [2.05, 4.69) is 0 Å². The molecule has 0 aliphatic carbocycles. The van der Waals surface area contributed by atoms with Gasteiger partial charge in [-0.05, 0) is 38.5 Å². The third kappa shape index (κ3) is 2.44. The van der Waals surface area contributed by atoms with Gasteiger partial charge in [0.2, 0.25) is 7.37 Å². The zero-order chi connectivity index (χ0) is 16.0. The summed E-state index contributed by atoms with van der Waals surface area (Å²) in [5.74, 6) is -1.13. The van der Waals surface area contributed by atoms with E-state index < -0.39 is 24.5 Å². The highest BCUT2D eigenvalue weighted by molar-refractivity contribution is 7.59. The summed E-state index contributed by atoms with van der Waals surface area (Å²) in [7, 11) is -3.71. The average molecular weight is 330 g/mol. The van der Waals surface area contributed by atoms with Crippen molar-refractivity contribution in [2.75, 3.05) is 6.16 Å². The second-order valence-corrected chi connectivity index (χ2v) is 8.94. The highest BCUT2D eigenvalue weighted by Crippen LogP contribution is 2.57. The van der Waals surface area contributed by atoms with Crippen LogP contribution in [-0.2, 0) is 4.57 Å². The fourth-order valence-corrected chi connectivity index (χ4v) is 4.26. The SMILES string of the molecule is CCCP(=O)(O)C(C)(C)N1C(=O)c2ccc(Cl)cc2C1=O. The van der Waals surface area contributed by atoms with Crippen LogP contribution in [0.15, 0.2) is 18.2 Å². The number of halogens is 1. The van der Waals surface area contributed by atoms with Gasteiger partial charge in [0, 0.05) is 11.2 Å². The number of nitrogens with zero attached hydrogens (tertiary/aromatic N) is 1. The summed E-state index contributed by atoms with van der Waals surface area (Å²) >= 11 is 5.85. The molecule has 2 amide bonds. The maximum atomic E-state index is 12.5. The van der Waals surface area contributed by atoms with Gasteiger partial charge >= 0.3 is 0 Å². The molecule has 2 rings (SSSR count). The second-order valence-electron chi connectivity index (χ2n) is 5.56. The number of hydrogen-bond acceptors (Lipinski definition) is 3. The van der Waals surface area contributed by atoms with Crippen LogP contribution < -0.4 is 0 Å². The lowest BCUT2D eigenvalue weighted by Gasteiger charge is -2.37. The Morgan fingerprint density at radius 1 is 1.24 bits per heavy atom. The fraction of sp³-hybridized carbons (Fsp3) is 0.429. The summed E-state index contributed by atoms with van der Waals surface area (Å²) in [4.78, 5) is 36.1. The molecule has 1 aromatic rings. The van der Waals surface area contributed by atoms with Gasteiger partial charge in [0.15, 0.2) is 0 Å². The van der Waals surface area contributed by atoms with Crippen LogP contribution in [0.2, 0.25) is 5.02 Å². The van der Waals surface area contributed by atoms with Crippen molar-refractivity contribution in [2.45, 2.75) is 32.5 Å². The summed E-state index contributed by atoms with van der Waals surface area (Å²) < 4.78 is 12.5. The Morgan fingerprint density at radius 3 is 2.38 bits per heavy atom. The number of amides is 2. The summed E-state index contributed by atoms with van der Waals surface area (Å²) in [6, 6.07) is 4.40. The molecule has 5 nitrogen and oxygen atoms in total. The maximum Gasteiger partial charge on any atom is 0.262 e. The highest BCUT2D eigenvalue weighted by atomic mass is 35.5. The van der Waals surface area contributed by atoms with Crippen molar-refractivity contribution < 1.29 is 19.0 Å². The van der Waals surface area contributed by atoms with Crippen molar-refractivity contribution in [2.24, 2.45) is 0 Å². The van der Waals surface area contributed by atoms with Crippen molar-refractivity contribution in [1.29, 1.82) is 0 Å². The molecule has 1 aliphatic heterocycles. The highest BCUT2D eigenvalue weighted by Gasteiger charge is 2.52. The first kappa shape index (κ1) is 16.2. The van der Waals surface area contributed by atoms with Crippen LogP contribution in [-0.4, -0.2) is 33.0 Å². The standard InChI is InChI=1S/C14H17ClNO4P/c1-4-7-21(19,20)14(2,3)16-12(17)10-6-5-9(15)8-11(10)13(16)18/h5-6,8H,4,7H2,1-3H3,(H,19,20). The normalized spacial score (nSPS) is 17.9. The van der Waals surface area contributed by atoms with Crippen LogP contribution >= 0.6 is 19.0 Å². The van der Waals surface area contributed by atoms with Gasteiger partial charge in [-0.25, -0.2) is 0 Å². The minimum atomic E-state index is -3.71. The number of carbonyl (C=O) groups is 2. The Labute approximate surface area is 128 Å². The predicted molar refractivity (Wildman–Crippen MR) is 81.0 cm³/mol. The number of fused-ring (bicyclic) bond motifs is 1. The minimum Gasteiger partial charge on any atom is -0.343 e. The van der Waals surface area contributed by atoms with Crippen molar-refractivity contribution in [1.82, 2.24) is 4.90 Å². The van der Waals surface area contributed by atoms with Crippen molar-refractivity contribution in [3.63, 3.8) is 0 Å². The van der Waals surface area contributed by atoms with Crippen LogP contribution in [0.4, 0.5) is 0 Å². The molecule has 0 radical (unpaired) electrons. The lowest BCUT2D eigenvalue weighted by molar-refractivity contribution is 0.0558. The van der Waals surface area contributed by atoms with E-state index in [-0.39, 0.29) is 17.3 Å². The first-order chi connectivity index (χ1) is 9.63. The molecule has 0 bridgehead atoms. The molecule has 0 fully saturated rings. The number of benzene rings is 1. The molecule has 0 spiro atoms. The number of imide groups is 1. The Bertz CT molecular complexity index is 671. The quantitative estimate of drug-likeness (QED) is 0.679. The molecule has 1 atom stereocenters. The zero-order valence-corrected chi connectivity index (χ0v) is 13.7. The average Bonchev–Trinajstić information content (AvgIpc) is 2.61. The van der Waals surface area contributed by atoms with E-state index in [0.717, 1.165) is 4.90 Å². The van der Waals surface area contributed by atoms with Gasteiger partial charge < -0.3 is 4.89 Å². The lowest BCUT2D eigenvalue weighted by atomic mass is 10.1. The molecule has 21 heavy (non-hydrogen) atoms. The first-order valence-electron chi connectivity index (χ1n) is 6.64. The van der Waals surface area contributed by atoms with Crippen LogP contribution in [0.1, 0.15) is 47.9 Å². The molecule has 1 heterocycles. The van der Waals surface area contributed by atoms with Crippen molar-refractivity contribution in [3.8, 4) is 0 Å². The lowest BCUT2D eigenvalue weighted by Crippen LogP contribution is -2.47. The molecule has 0 aromatic heterocycles. The molecule has 7 heteroatoms. The first-order valence-corrected chi connectivity index (χ1v) is 8.86. The third-order valence-electron chi connectivity index (χ3n) is 3.78. The third-order valence-corrected chi connectivity index (χ3v) is 6.98. The largest absolute Gasteiger partial charge is 0.343 e. The number of carbonyl (C=O) groups excluding carboxylic acids is 2. The Morgan fingerprint density at radius 2 is 1.81 bits per heavy atom. The Hall–Kier alpha value is -1.16. The van der Waals surface area contributed by atoms with E-state index in [0.29, 0.717) is 11.4 Å². The molecule has 1 aromatic carbocycles. The van der Waals surface area contributed by atoms with Gasteiger partial charge in [-0.2, -0.15) is 0 Å². The van der Waals surface area contributed by atoms with E-state index in [1.165, 1.54) is 32.0 Å². The van der Waals surface area contributed by atoms with Gasteiger partial charge in [0.05, 0.1) is 11.1 Å². The second kappa shape index (κ2) is 5.24. The summed E-state index contributed by atoms with van der Waals surface area (Å²) in [5.41, 5.74) is 0.394. The van der Waals surface area contributed by atoms with E-state index >= 15 is 0 Å². The number of rotatable bonds is 4. The smallest absolute Gasteiger partial charge is 0.262 e. The van der Waals surface area contributed by atoms with Crippen molar-refractivity contribution >= 4 is 30.8 Å². The zero-order valence-electron chi connectivity index (χ0n) is 12.1. The molecule has 1 N–H and O–H groups in total. The Balaban J connectivity index is 2.51. The maximum absolute atomic E-state index is 12.5. The molecule has 1 aliphatic rings. The van der Waals surface area contributed by atoms with E-state index in [9.17, 15) is 19.0 Å². The van der Waals surface area contributed by atoms with E-state index in [4.69, 9.17) is 11.6 Å². The van der Waals surface area contributed by atoms with Crippen LogP contribution in [0.3, 0.4) is 0 Å². The molecular formula is C14H17ClNO4P. The minimum absolute atomic E-state index is 0.0498. The molecular weight excluding hydrogens is 313 g/mol. The predicted octanol–water partition coefficient (Wildman–Crippen LogP) is 3.35. The van der Waals surface area contributed by atoms with E-state index in [1.807, 2.05) is 0 Å². The van der Waals surface area contributed by atoms with Gasteiger partial charge in [0.25, 0.3) is 11.8 Å². The summed E-state index contributed by atoms with van der Waals surface area (Å²) in [6.07, 6.45) is 0.542. The Kier molecular flexibility index (Phi) is 4.04. The summed E-state index contributed by atoms with van der Waals surface area (Å²) in [5, 5.41) is -1.11. The van der Waals surface area contributed by atoms with Gasteiger partial charge in [-0.15, -0.1) is 0 Å². The molecule has 114 valence electrons. The fourth-order valence-electron chi connectivity index (χ4n) is 2.44. The van der Waals surface area contributed by atoms with E-state index in [1.54, 1.807) is 6.92 Å². The molecule has 0 saturated heterocycles.